The van der Waals surface area contributed by atoms with E-state index in [-0.39, 0.29) is 4.90 Å². The molecule has 3 nitrogen and oxygen atoms in total. The summed E-state index contributed by atoms with van der Waals surface area (Å²) in [5.41, 5.74) is -2.27. The van der Waals surface area contributed by atoms with Gasteiger partial charge in [0, 0.05) is 19.0 Å². The third-order valence-electron chi connectivity index (χ3n) is 2.15. The average Bonchev–Trinajstić information content (AvgIpc) is 2.29. The van der Waals surface area contributed by atoms with E-state index in [0.29, 0.717) is 17.8 Å². The molecule has 0 aliphatic heterocycles. The number of hydrogen-bond acceptors (Lipinski definition) is 3. The fourth-order valence-corrected chi connectivity index (χ4v) is 1.77. The number of nitriles is 1. The Morgan fingerprint density at radius 2 is 1.95 bits per heavy atom. The molecule has 8 heteroatoms. The molecule has 0 heterocycles. The Hall–Kier alpha value is -1.75. The minimum Gasteiger partial charge on any atom is -0.345 e. The molecule has 0 spiro atoms. The fourth-order valence-electron chi connectivity index (χ4n) is 1.31. The second kappa shape index (κ2) is 5.48. The van der Waals surface area contributed by atoms with Gasteiger partial charge in [0.1, 0.15) is 11.2 Å². The molecule has 0 saturated carbocycles. The van der Waals surface area contributed by atoms with Gasteiger partial charge >= 0.3 is 6.18 Å². The van der Waals surface area contributed by atoms with Gasteiger partial charge in [0.05, 0.1) is 11.1 Å². The largest absolute Gasteiger partial charge is 0.419 e. The van der Waals surface area contributed by atoms with Crippen LogP contribution in [0.25, 0.3) is 0 Å². The van der Waals surface area contributed by atoms with Gasteiger partial charge in [-0.25, -0.2) is 4.39 Å². The molecular weight excluding hydrogens is 284 g/mol. The van der Waals surface area contributed by atoms with Crippen LogP contribution < -0.4 is 0 Å². The third kappa shape index (κ3) is 3.38. The highest BCUT2D eigenvalue weighted by Crippen LogP contribution is 2.35. The number of carbonyl (C=O) groups excluding carboxylic acids is 1. The number of halogens is 4. The van der Waals surface area contributed by atoms with E-state index in [1.165, 1.54) is 14.1 Å². The summed E-state index contributed by atoms with van der Waals surface area (Å²) in [6.45, 7) is 0. The van der Waals surface area contributed by atoms with Gasteiger partial charge < -0.3 is 4.90 Å². The van der Waals surface area contributed by atoms with E-state index in [0.717, 1.165) is 11.0 Å². The molecule has 0 bridgehead atoms. The highest BCUT2D eigenvalue weighted by Gasteiger charge is 2.36. The van der Waals surface area contributed by atoms with Gasteiger partial charge in [0.25, 0.3) is 5.91 Å². The number of nitrogens with zero attached hydrogens (tertiary/aromatic N) is 2. The number of benzene rings is 1. The van der Waals surface area contributed by atoms with Gasteiger partial charge in [-0.1, -0.05) is 0 Å². The normalized spacial score (nSPS) is 11.0. The van der Waals surface area contributed by atoms with Crippen LogP contribution in [0.15, 0.2) is 17.0 Å². The van der Waals surface area contributed by atoms with Gasteiger partial charge in [-0.15, -0.1) is 0 Å². The summed E-state index contributed by atoms with van der Waals surface area (Å²) in [4.78, 5) is 12.4. The van der Waals surface area contributed by atoms with E-state index in [2.05, 4.69) is 0 Å². The molecule has 0 unspecified atom stereocenters. The van der Waals surface area contributed by atoms with Crippen molar-refractivity contribution < 1.29 is 22.4 Å². The van der Waals surface area contributed by atoms with Crippen molar-refractivity contribution in [2.75, 3.05) is 14.1 Å². The van der Waals surface area contributed by atoms with Crippen LogP contribution in [-0.2, 0) is 6.18 Å². The van der Waals surface area contributed by atoms with Crippen LogP contribution in [0.5, 0.6) is 0 Å². The second-order valence-electron chi connectivity index (χ2n) is 3.72. The third-order valence-corrected chi connectivity index (χ3v) is 2.71. The van der Waals surface area contributed by atoms with Crippen molar-refractivity contribution in [3.05, 3.63) is 29.1 Å². The summed E-state index contributed by atoms with van der Waals surface area (Å²) in [5.74, 6) is -2.53. The SMILES string of the molecule is CN(C)C(=O)c1cc(SC#N)cc(C(F)(F)F)c1F. The first-order valence-electron chi connectivity index (χ1n) is 4.86. The van der Waals surface area contributed by atoms with Crippen molar-refractivity contribution in [3.63, 3.8) is 0 Å². The monoisotopic (exact) mass is 292 g/mol. The van der Waals surface area contributed by atoms with E-state index < -0.39 is 29.0 Å². The average molecular weight is 292 g/mol. The molecule has 0 aliphatic carbocycles. The summed E-state index contributed by atoms with van der Waals surface area (Å²) >= 11 is 0.426. The Balaban J connectivity index is 3.51. The number of alkyl halides is 3. The lowest BCUT2D eigenvalue weighted by Gasteiger charge is -2.15. The van der Waals surface area contributed by atoms with Crippen LogP contribution in [0.3, 0.4) is 0 Å². The lowest BCUT2D eigenvalue weighted by Crippen LogP contribution is -2.24. The minimum atomic E-state index is -4.93. The Bertz CT molecular complexity index is 549. The standard InChI is InChI=1S/C11H8F4N2OS/c1-17(2)10(18)7-3-6(19-5-16)4-8(9(7)12)11(13,14)15/h3-4H,1-2H3. The molecule has 1 amide bonds. The highest BCUT2D eigenvalue weighted by molar-refractivity contribution is 8.03. The van der Waals surface area contributed by atoms with Crippen LogP contribution in [0.2, 0.25) is 0 Å². The Labute approximate surface area is 110 Å². The summed E-state index contributed by atoms with van der Waals surface area (Å²) in [6, 6.07) is 1.44. The van der Waals surface area contributed by atoms with E-state index >= 15 is 0 Å². The Kier molecular flexibility index (Phi) is 4.42. The van der Waals surface area contributed by atoms with Crippen molar-refractivity contribution in [2.24, 2.45) is 0 Å². The van der Waals surface area contributed by atoms with E-state index in [1.807, 2.05) is 0 Å². The minimum absolute atomic E-state index is 0.138. The first-order chi connectivity index (χ1) is 8.68. The molecule has 19 heavy (non-hydrogen) atoms. The van der Waals surface area contributed by atoms with Crippen LogP contribution in [-0.4, -0.2) is 24.9 Å². The summed E-state index contributed by atoms with van der Waals surface area (Å²) < 4.78 is 51.7. The molecule has 0 saturated heterocycles. The first kappa shape index (κ1) is 15.3. The van der Waals surface area contributed by atoms with Crippen molar-refractivity contribution in [1.82, 2.24) is 4.90 Å². The Morgan fingerprint density at radius 3 is 2.37 bits per heavy atom. The van der Waals surface area contributed by atoms with Crippen LogP contribution in [0.4, 0.5) is 17.6 Å². The zero-order chi connectivity index (χ0) is 14.8. The van der Waals surface area contributed by atoms with E-state index in [9.17, 15) is 22.4 Å². The molecule has 0 fully saturated rings. The second-order valence-corrected chi connectivity index (χ2v) is 4.58. The first-order valence-corrected chi connectivity index (χ1v) is 5.68. The van der Waals surface area contributed by atoms with Crippen LogP contribution >= 0.6 is 11.8 Å². The van der Waals surface area contributed by atoms with Gasteiger partial charge in [-0.3, -0.25) is 4.79 Å². The Morgan fingerprint density at radius 1 is 1.37 bits per heavy atom. The van der Waals surface area contributed by atoms with Gasteiger partial charge in [0.15, 0.2) is 0 Å². The lowest BCUT2D eigenvalue weighted by atomic mass is 10.1. The number of thiocyanates is 1. The predicted molar refractivity (Wildman–Crippen MR) is 60.9 cm³/mol. The lowest BCUT2D eigenvalue weighted by molar-refractivity contribution is -0.140. The summed E-state index contributed by atoms with van der Waals surface area (Å²) in [7, 11) is 2.58. The van der Waals surface area contributed by atoms with Crippen LogP contribution in [0.1, 0.15) is 15.9 Å². The van der Waals surface area contributed by atoms with Gasteiger partial charge in [-0.2, -0.15) is 18.4 Å². The topological polar surface area (TPSA) is 44.1 Å². The quantitative estimate of drug-likeness (QED) is 0.478. The maximum absolute atomic E-state index is 13.7. The zero-order valence-corrected chi connectivity index (χ0v) is 10.7. The highest BCUT2D eigenvalue weighted by atomic mass is 32.2. The number of amides is 1. The van der Waals surface area contributed by atoms with E-state index in [1.54, 1.807) is 5.40 Å². The van der Waals surface area contributed by atoms with Crippen molar-refractivity contribution >= 4 is 17.7 Å². The molecule has 1 rings (SSSR count). The smallest absolute Gasteiger partial charge is 0.345 e. The number of carbonyl (C=O) groups is 1. The molecule has 0 radical (unpaired) electrons. The van der Waals surface area contributed by atoms with E-state index in [4.69, 9.17) is 5.26 Å². The number of thioether (sulfide) groups is 1. The van der Waals surface area contributed by atoms with Crippen molar-refractivity contribution in [1.29, 1.82) is 5.26 Å². The molecule has 102 valence electrons. The number of rotatable bonds is 2. The van der Waals surface area contributed by atoms with Gasteiger partial charge in [-0.05, 0) is 23.9 Å². The summed E-state index contributed by atoms with van der Waals surface area (Å²) in [6.07, 6.45) is -4.93. The molecule has 1 aromatic carbocycles. The molecule has 0 N–H and O–H groups in total. The van der Waals surface area contributed by atoms with Crippen molar-refractivity contribution in [3.8, 4) is 5.40 Å². The maximum Gasteiger partial charge on any atom is 0.419 e. The molecule has 0 aliphatic rings. The molecular formula is C11H8F4N2OS. The fraction of sp³-hybridized carbons (Fsp3) is 0.273. The zero-order valence-electron chi connectivity index (χ0n) is 9.88. The van der Waals surface area contributed by atoms with Crippen LogP contribution in [0, 0.1) is 16.5 Å². The summed E-state index contributed by atoms with van der Waals surface area (Å²) in [5, 5.41) is 10.0. The van der Waals surface area contributed by atoms with Gasteiger partial charge in [0.2, 0.25) is 0 Å². The predicted octanol–water partition coefficient (Wildman–Crippen LogP) is 3.12. The van der Waals surface area contributed by atoms with Crippen molar-refractivity contribution in [2.45, 2.75) is 11.1 Å². The molecule has 0 aromatic heterocycles. The number of hydrogen-bond donors (Lipinski definition) is 0. The molecule has 0 atom stereocenters. The molecule has 1 aromatic rings. The maximum atomic E-state index is 13.7.